The summed E-state index contributed by atoms with van der Waals surface area (Å²) in [5, 5.41) is 9.01. The largest absolute Gasteiger partial charge is 0.492 e. The zero-order valence-corrected chi connectivity index (χ0v) is 17.4. The number of nitrogens with one attached hydrogen (secondary N) is 3. The Morgan fingerprint density at radius 2 is 2.25 bits per heavy atom. The molecule has 0 fully saturated rings. The first-order valence-corrected chi connectivity index (χ1v) is 9.69. The molecule has 0 bridgehead atoms. The van der Waals surface area contributed by atoms with Crippen molar-refractivity contribution in [2.45, 2.75) is 13.0 Å². The molecule has 0 saturated heterocycles. The predicted octanol–water partition coefficient (Wildman–Crippen LogP) is 3.29. The van der Waals surface area contributed by atoms with Gasteiger partial charge in [0, 0.05) is 42.1 Å². The number of ether oxygens (including phenoxy) is 1. The van der Waals surface area contributed by atoms with Crippen molar-refractivity contribution in [3.8, 4) is 5.75 Å². The first-order chi connectivity index (χ1) is 13.5. The molecule has 1 amide bonds. The van der Waals surface area contributed by atoms with Crippen LogP contribution in [0.5, 0.6) is 5.75 Å². The van der Waals surface area contributed by atoms with Crippen molar-refractivity contribution in [3.05, 3.63) is 63.8 Å². The Bertz CT molecular complexity index is 951. The van der Waals surface area contributed by atoms with Gasteiger partial charge < -0.3 is 20.7 Å². The van der Waals surface area contributed by atoms with Crippen molar-refractivity contribution >= 4 is 44.7 Å². The Morgan fingerprint density at radius 1 is 1.43 bits per heavy atom. The smallest absolute Gasteiger partial charge is 0.256 e. The molecule has 2 aromatic rings. The number of hydrogen-bond acceptors (Lipinski definition) is 5. The average molecular weight is 465 g/mol. The minimum absolute atomic E-state index is 0.0388. The molecule has 0 radical (unpaired) electrons. The zero-order valence-electron chi connectivity index (χ0n) is 15.0. The van der Waals surface area contributed by atoms with Gasteiger partial charge in [0.05, 0.1) is 18.4 Å². The first-order valence-electron chi connectivity index (χ1n) is 8.48. The molecule has 9 heteroatoms. The predicted molar refractivity (Wildman–Crippen MR) is 113 cm³/mol. The molecule has 3 rings (SSSR count). The highest BCUT2D eigenvalue weighted by Crippen LogP contribution is 2.28. The van der Waals surface area contributed by atoms with Crippen LogP contribution in [-0.4, -0.2) is 29.5 Å². The molecule has 6 nitrogen and oxygen atoms in total. The van der Waals surface area contributed by atoms with Gasteiger partial charge in [-0.25, -0.2) is 4.39 Å². The second-order valence-electron chi connectivity index (χ2n) is 5.95. The summed E-state index contributed by atoms with van der Waals surface area (Å²) >= 11 is 8.91. The summed E-state index contributed by atoms with van der Waals surface area (Å²) < 4.78 is 19.9. The number of halogens is 2. The summed E-state index contributed by atoms with van der Waals surface area (Å²) in [7, 11) is 1.37. The first kappa shape index (κ1) is 20.2. The fourth-order valence-corrected chi connectivity index (χ4v) is 3.53. The highest BCUT2D eigenvalue weighted by molar-refractivity contribution is 9.10. The van der Waals surface area contributed by atoms with E-state index < -0.39 is 5.82 Å². The van der Waals surface area contributed by atoms with Gasteiger partial charge >= 0.3 is 0 Å². The molecule has 1 aliphatic heterocycles. The molecule has 1 aliphatic rings. The van der Waals surface area contributed by atoms with E-state index in [0.717, 1.165) is 15.7 Å². The van der Waals surface area contributed by atoms with Gasteiger partial charge in [-0.1, -0.05) is 18.3 Å². The van der Waals surface area contributed by atoms with E-state index in [2.05, 4.69) is 36.9 Å². The molecular formula is C19H18BrFN4O2S. The Labute approximate surface area is 175 Å². The number of benzene rings is 1. The fourth-order valence-electron chi connectivity index (χ4n) is 2.82. The molecule has 0 atom stereocenters. The van der Waals surface area contributed by atoms with Crippen LogP contribution in [-0.2, 0) is 11.3 Å². The maximum absolute atomic E-state index is 13.9. The lowest BCUT2D eigenvalue weighted by Gasteiger charge is -2.23. The molecule has 2 heterocycles. The van der Waals surface area contributed by atoms with Crippen LogP contribution in [0.25, 0.3) is 0 Å². The number of para-hydroxylation sites is 1. The minimum Gasteiger partial charge on any atom is -0.492 e. The van der Waals surface area contributed by atoms with E-state index in [0.29, 0.717) is 30.8 Å². The third kappa shape index (κ3) is 4.48. The standard InChI is InChI=1S/C19H18BrFN4O2S/c1-27-17-13(21)3-2-4-15(17)25-19(28)16-14(6-8-23-18(16)26)24-9-11-5-7-22-10-12(11)20/h2-5,7,10,24H,6,8-9H2,1H3,(H,23,26)(H,25,28). The Balaban J connectivity index is 1.85. The van der Waals surface area contributed by atoms with Crippen molar-refractivity contribution in [2.75, 3.05) is 19.0 Å². The molecule has 0 saturated carbocycles. The van der Waals surface area contributed by atoms with Crippen molar-refractivity contribution in [1.82, 2.24) is 15.6 Å². The van der Waals surface area contributed by atoms with Gasteiger partial charge in [0.2, 0.25) is 0 Å². The van der Waals surface area contributed by atoms with Gasteiger partial charge in [0.25, 0.3) is 5.91 Å². The second-order valence-corrected chi connectivity index (χ2v) is 7.22. The number of nitrogens with zero attached hydrogens (tertiary/aromatic N) is 1. The number of anilines is 1. The van der Waals surface area contributed by atoms with E-state index in [9.17, 15) is 9.18 Å². The molecule has 1 aromatic carbocycles. The van der Waals surface area contributed by atoms with Crippen LogP contribution >= 0.6 is 28.1 Å². The molecule has 3 N–H and O–H groups in total. The maximum atomic E-state index is 13.9. The van der Waals surface area contributed by atoms with E-state index >= 15 is 0 Å². The third-order valence-corrected chi connectivity index (χ3v) is 5.20. The summed E-state index contributed by atoms with van der Waals surface area (Å²) in [6, 6.07) is 6.35. The van der Waals surface area contributed by atoms with E-state index in [1.54, 1.807) is 18.5 Å². The molecule has 28 heavy (non-hydrogen) atoms. The fraction of sp³-hybridized carbons (Fsp3) is 0.211. The quantitative estimate of drug-likeness (QED) is 0.569. The topological polar surface area (TPSA) is 75.3 Å². The number of amides is 1. The number of carbonyl (C=O) groups excluding carboxylic acids is 1. The normalized spacial score (nSPS) is 13.8. The molecule has 0 spiro atoms. The average Bonchev–Trinajstić information content (AvgIpc) is 2.67. The summed E-state index contributed by atoms with van der Waals surface area (Å²) in [5.74, 6) is -0.759. The maximum Gasteiger partial charge on any atom is 0.256 e. The summed E-state index contributed by atoms with van der Waals surface area (Å²) in [5.41, 5.74) is 2.41. The second kappa shape index (κ2) is 9.11. The van der Waals surface area contributed by atoms with Gasteiger partial charge in [-0.15, -0.1) is 0 Å². The van der Waals surface area contributed by atoms with E-state index in [-0.39, 0.29) is 16.6 Å². The van der Waals surface area contributed by atoms with Crippen LogP contribution in [0.2, 0.25) is 0 Å². The number of rotatable bonds is 6. The monoisotopic (exact) mass is 464 g/mol. The lowest BCUT2D eigenvalue weighted by atomic mass is 10.1. The van der Waals surface area contributed by atoms with Gasteiger partial charge in [0.1, 0.15) is 4.99 Å². The highest BCUT2D eigenvalue weighted by Gasteiger charge is 2.25. The van der Waals surface area contributed by atoms with Gasteiger partial charge in [-0.3, -0.25) is 9.78 Å². The third-order valence-electron chi connectivity index (χ3n) is 4.18. The van der Waals surface area contributed by atoms with Gasteiger partial charge in [-0.2, -0.15) is 0 Å². The number of aromatic nitrogens is 1. The Morgan fingerprint density at radius 3 is 3.00 bits per heavy atom. The van der Waals surface area contributed by atoms with Crippen LogP contribution in [0.3, 0.4) is 0 Å². The SMILES string of the molecule is COc1c(F)cccc1NC(=S)C1=C(NCc2ccncc2Br)CCNC1=O. The number of thiocarbonyl (C=S) groups is 1. The lowest BCUT2D eigenvalue weighted by molar-refractivity contribution is -0.117. The van der Waals surface area contributed by atoms with Crippen LogP contribution in [0.15, 0.2) is 52.4 Å². The molecular weight excluding hydrogens is 447 g/mol. The van der Waals surface area contributed by atoms with Crippen LogP contribution in [0.1, 0.15) is 12.0 Å². The van der Waals surface area contributed by atoms with Crippen LogP contribution in [0.4, 0.5) is 10.1 Å². The lowest BCUT2D eigenvalue weighted by Crippen LogP contribution is -2.39. The van der Waals surface area contributed by atoms with Gasteiger partial charge in [0.15, 0.2) is 11.6 Å². The van der Waals surface area contributed by atoms with Crippen molar-refractivity contribution < 1.29 is 13.9 Å². The number of methoxy groups -OCH3 is 1. The summed E-state index contributed by atoms with van der Waals surface area (Å²) in [6.07, 6.45) is 4.02. The van der Waals surface area contributed by atoms with E-state index in [1.165, 1.54) is 19.2 Å². The molecule has 146 valence electrons. The highest BCUT2D eigenvalue weighted by atomic mass is 79.9. The molecule has 0 unspecified atom stereocenters. The van der Waals surface area contributed by atoms with Crippen LogP contribution in [0, 0.1) is 5.82 Å². The Kier molecular flexibility index (Phi) is 6.58. The number of carbonyl (C=O) groups is 1. The van der Waals surface area contributed by atoms with E-state index in [1.807, 2.05) is 6.07 Å². The Hall–Kier alpha value is -2.52. The van der Waals surface area contributed by atoms with E-state index in [4.69, 9.17) is 17.0 Å². The van der Waals surface area contributed by atoms with Crippen molar-refractivity contribution in [1.29, 1.82) is 0 Å². The minimum atomic E-state index is -0.515. The van der Waals surface area contributed by atoms with Crippen molar-refractivity contribution in [3.63, 3.8) is 0 Å². The van der Waals surface area contributed by atoms with Crippen LogP contribution < -0.4 is 20.7 Å². The molecule has 1 aromatic heterocycles. The summed E-state index contributed by atoms with van der Waals surface area (Å²) in [4.78, 5) is 16.7. The van der Waals surface area contributed by atoms with Gasteiger partial charge in [-0.05, 0) is 39.7 Å². The number of hydrogen-bond donors (Lipinski definition) is 3. The summed E-state index contributed by atoms with van der Waals surface area (Å²) in [6.45, 7) is 1.01. The zero-order chi connectivity index (χ0) is 20.1. The van der Waals surface area contributed by atoms with Crippen molar-refractivity contribution in [2.24, 2.45) is 0 Å². The number of pyridine rings is 1. The molecule has 0 aliphatic carbocycles.